The number of likely N-dealkylation sites (tertiary alicyclic amines) is 1. The summed E-state index contributed by atoms with van der Waals surface area (Å²) in [6.45, 7) is 3.00. The zero-order chi connectivity index (χ0) is 25.8. The maximum atomic E-state index is 13.9. The first-order valence-corrected chi connectivity index (χ1v) is 12.8. The molecule has 3 amide bonds. The highest BCUT2D eigenvalue weighted by Crippen LogP contribution is 2.39. The van der Waals surface area contributed by atoms with Gasteiger partial charge in [-0.15, -0.1) is 0 Å². The predicted molar refractivity (Wildman–Crippen MR) is 135 cm³/mol. The summed E-state index contributed by atoms with van der Waals surface area (Å²) in [7, 11) is 1.57. The molecule has 3 fully saturated rings. The van der Waals surface area contributed by atoms with Gasteiger partial charge < -0.3 is 24.0 Å². The van der Waals surface area contributed by atoms with Crippen molar-refractivity contribution in [3.05, 3.63) is 65.7 Å². The van der Waals surface area contributed by atoms with Gasteiger partial charge in [0.15, 0.2) is 0 Å². The van der Waals surface area contributed by atoms with Crippen molar-refractivity contribution in [2.24, 2.45) is 0 Å². The molecule has 37 heavy (non-hydrogen) atoms. The number of methoxy groups -OCH3 is 1. The maximum absolute atomic E-state index is 13.9. The van der Waals surface area contributed by atoms with Crippen molar-refractivity contribution in [2.75, 3.05) is 53.1 Å². The van der Waals surface area contributed by atoms with Gasteiger partial charge in [-0.2, -0.15) is 0 Å². The third-order valence-electron chi connectivity index (χ3n) is 7.52. The number of nitrogens with zero attached hydrogens (tertiary/aromatic N) is 3. The molecule has 0 radical (unpaired) electrons. The SMILES string of the molecule is COc1ccc(C(=O)N2C(C(=O)N3CCOCC3)COC23CCN(C(=O)Cc2ccccc2)CC3)cc1. The van der Waals surface area contributed by atoms with E-state index < -0.39 is 11.8 Å². The lowest BCUT2D eigenvalue weighted by Crippen LogP contribution is -2.60. The fourth-order valence-corrected chi connectivity index (χ4v) is 5.41. The molecule has 1 unspecified atom stereocenters. The summed E-state index contributed by atoms with van der Waals surface area (Å²) in [5.41, 5.74) is 0.498. The standard InChI is InChI=1S/C28H33N3O6/c1-35-23-9-7-22(8-10-23)26(33)31-24(27(34)30-15-17-36-18-16-30)20-37-28(31)11-13-29(14-12-28)25(32)19-21-5-3-2-4-6-21/h2-10,24H,11-20H2,1H3. The fourth-order valence-electron chi connectivity index (χ4n) is 5.41. The second-order valence-corrected chi connectivity index (χ2v) is 9.66. The van der Waals surface area contributed by atoms with E-state index in [9.17, 15) is 14.4 Å². The van der Waals surface area contributed by atoms with Crippen LogP contribution in [0.15, 0.2) is 54.6 Å². The molecular formula is C28H33N3O6. The maximum Gasteiger partial charge on any atom is 0.256 e. The summed E-state index contributed by atoms with van der Waals surface area (Å²) in [6.07, 6.45) is 1.23. The first-order valence-electron chi connectivity index (χ1n) is 12.8. The van der Waals surface area contributed by atoms with Crippen molar-refractivity contribution < 1.29 is 28.6 Å². The number of carbonyl (C=O) groups is 3. The first kappa shape index (κ1) is 25.2. The van der Waals surface area contributed by atoms with E-state index >= 15 is 0 Å². The minimum absolute atomic E-state index is 0.0491. The number of rotatable bonds is 5. The van der Waals surface area contributed by atoms with E-state index in [0.717, 1.165) is 5.56 Å². The van der Waals surface area contributed by atoms with Crippen LogP contribution in [0.1, 0.15) is 28.8 Å². The highest BCUT2D eigenvalue weighted by molar-refractivity contribution is 5.98. The molecule has 3 heterocycles. The van der Waals surface area contributed by atoms with Gasteiger partial charge in [0.2, 0.25) is 11.8 Å². The molecule has 3 saturated heterocycles. The Bertz CT molecular complexity index is 1110. The van der Waals surface area contributed by atoms with Crippen molar-refractivity contribution >= 4 is 17.7 Å². The second-order valence-electron chi connectivity index (χ2n) is 9.66. The van der Waals surface area contributed by atoms with E-state index in [4.69, 9.17) is 14.2 Å². The van der Waals surface area contributed by atoms with Crippen LogP contribution in [0.5, 0.6) is 5.75 Å². The summed E-state index contributed by atoms with van der Waals surface area (Å²) in [5, 5.41) is 0. The molecule has 0 saturated carbocycles. The summed E-state index contributed by atoms with van der Waals surface area (Å²) in [5.74, 6) is 0.323. The van der Waals surface area contributed by atoms with E-state index in [2.05, 4.69) is 0 Å². The molecule has 0 aliphatic carbocycles. The number of carbonyl (C=O) groups excluding carboxylic acids is 3. The Hall–Kier alpha value is -3.43. The van der Waals surface area contributed by atoms with Crippen LogP contribution in [0.3, 0.4) is 0 Å². The van der Waals surface area contributed by atoms with Gasteiger partial charge >= 0.3 is 0 Å². The lowest BCUT2D eigenvalue weighted by Gasteiger charge is -2.45. The average molecular weight is 508 g/mol. The van der Waals surface area contributed by atoms with Crippen LogP contribution in [0, 0.1) is 0 Å². The monoisotopic (exact) mass is 507 g/mol. The number of ether oxygens (including phenoxy) is 3. The minimum Gasteiger partial charge on any atom is -0.497 e. The highest BCUT2D eigenvalue weighted by atomic mass is 16.5. The molecule has 5 rings (SSSR count). The van der Waals surface area contributed by atoms with Crippen molar-refractivity contribution in [3.63, 3.8) is 0 Å². The first-order chi connectivity index (χ1) is 18.0. The Morgan fingerprint density at radius 2 is 1.59 bits per heavy atom. The van der Waals surface area contributed by atoms with Crippen LogP contribution < -0.4 is 4.74 Å². The van der Waals surface area contributed by atoms with Crippen molar-refractivity contribution in [1.82, 2.24) is 14.7 Å². The molecule has 2 aromatic carbocycles. The number of piperidine rings is 1. The van der Waals surface area contributed by atoms with E-state index in [-0.39, 0.29) is 24.3 Å². The van der Waals surface area contributed by atoms with Gasteiger partial charge in [0.05, 0.1) is 33.4 Å². The lowest BCUT2D eigenvalue weighted by atomic mass is 9.96. The molecule has 0 aromatic heterocycles. The average Bonchev–Trinajstić information content (AvgIpc) is 3.31. The van der Waals surface area contributed by atoms with Crippen molar-refractivity contribution in [1.29, 1.82) is 0 Å². The molecule has 9 heteroatoms. The van der Waals surface area contributed by atoms with E-state index in [1.165, 1.54) is 0 Å². The third-order valence-corrected chi connectivity index (χ3v) is 7.52. The van der Waals surface area contributed by atoms with Crippen LogP contribution >= 0.6 is 0 Å². The van der Waals surface area contributed by atoms with Gasteiger partial charge in [-0.05, 0) is 29.8 Å². The number of benzene rings is 2. The Morgan fingerprint density at radius 3 is 2.24 bits per heavy atom. The van der Waals surface area contributed by atoms with E-state index in [0.29, 0.717) is 70.0 Å². The predicted octanol–water partition coefficient (Wildman–Crippen LogP) is 1.96. The molecule has 2 aromatic rings. The molecular weight excluding hydrogens is 474 g/mol. The van der Waals surface area contributed by atoms with Crippen LogP contribution in [0.25, 0.3) is 0 Å². The molecule has 0 bridgehead atoms. The Balaban J connectivity index is 1.36. The highest BCUT2D eigenvalue weighted by Gasteiger charge is 2.55. The topological polar surface area (TPSA) is 88.6 Å². The minimum atomic E-state index is -0.937. The Kier molecular flexibility index (Phi) is 7.43. The van der Waals surface area contributed by atoms with Crippen LogP contribution in [0.2, 0.25) is 0 Å². The Labute approximate surface area is 216 Å². The fraction of sp³-hybridized carbons (Fsp3) is 0.464. The summed E-state index contributed by atoms with van der Waals surface area (Å²) in [4.78, 5) is 45.7. The van der Waals surface area contributed by atoms with Crippen LogP contribution in [0.4, 0.5) is 0 Å². The summed E-state index contributed by atoms with van der Waals surface area (Å²) < 4.78 is 17.0. The van der Waals surface area contributed by atoms with Crippen LogP contribution in [-0.2, 0) is 25.5 Å². The number of morpholine rings is 1. The van der Waals surface area contributed by atoms with E-state index in [1.807, 2.05) is 35.2 Å². The molecule has 0 N–H and O–H groups in total. The molecule has 3 aliphatic rings. The van der Waals surface area contributed by atoms with Gasteiger partial charge in [0.1, 0.15) is 17.5 Å². The molecule has 1 spiro atoms. The number of amides is 3. The largest absolute Gasteiger partial charge is 0.497 e. The van der Waals surface area contributed by atoms with E-state index in [1.54, 1.807) is 41.2 Å². The molecule has 3 aliphatic heterocycles. The third kappa shape index (κ3) is 5.19. The zero-order valence-corrected chi connectivity index (χ0v) is 21.1. The molecule has 9 nitrogen and oxygen atoms in total. The summed E-state index contributed by atoms with van der Waals surface area (Å²) in [6, 6.07) is 15.8. The van der Waals surface area contributed by atoms with Crippen molar-refractivity contribution in [3.8, 4) is 5.75 Å². The zero-order valence-electron chi connectivity index (χ0n) is 21.1. The van der Waals surface area contributed by atoms with Gasteiger partial charge in [0, 0.05) is 44.6 Å². The van der Waals surface area contributed by atoms with Gasteiger partial charge in [-0.1, -0.05) is 30.3 Å². The Morgan fingerprint density at radius 1 is 0.919 bits per heavy atom. The normalized spacial score (nSPS) is 21.2. The summed E-state index contributed by atoms with van der Waals surface area (Å²) >= 11 is 0. The second kappa shape index (κ2) is 10.9. The quantitative estimate of drug-likeness (QED) is 0.615. The van der Waals surface area contributed by atoms with Crippen molar-refractivity contribution in [2.45, 2.75) is 31.0 Å². The van der Waals surface area contributed by atoms with Gasteiger partial charge in [-0.25, -0.2) is 0 Å². The smallest absolute Gasteiger partial charge is 0.256 e. The van der Waals surface area contributed by atoms with Gasteiger partial charge in [0.25, 0.3) is 5.91 Å². The van der Waals surface area contributed by atoms with Gasteiger partial charge in [-0.3, -0.25) is 19.3 Å². The number of hydrogen-bond donors (Lipinski definition) is 0. The molecule has 1 atom stereocenters. The molecule has 196 valence electrons. The number of hydrogen-bond acceptors (Lipinski definition) is 6. The van der Waals surface area contributed by atoms with Crippen LogP contribution in [-0.4, -0.2) is 97.3 Å². The lowest BCUT2D eigenvalue weighted by molar-refractivity contribution is -0.146.